The number of carbonyl (C=O) groups excluding carboxylic acids is 1. The molecule has 5 heteroatoms. The summed E-state index contributed by atoms with van der Waals surface area (Å²) in [6, 6.07) is 12.9. The van der Waals surface area contributed by atoms with Crippen molar-refractivity contribution in [3.63, 3.8) is 0 Å². The Kier molecular flexibility index (Phi) is 4.34. The molecule has 0 fully saturated rings. The van der Waals surface area contributed by atoms with Crippen LogP contribution in [-0.4, -0.2) is 24.5 Å². The number of anilines is 2. The highest BCUT2D eigenvalue weighted by Crippen LogP contribution is 2.10. The van der Waals surface area contributed by atoms with Crippen molar-refractivity contribution in [2.24, 2.45) is 0 Å². The molecule has 1 aromatic carbocycles. The lowest BCUT2D eigenvalue weighted by Crippen LogP contribution is -2.21. The molecular formula is C14H15N3O2. The van der Waals surface area contributed by atoms with Gasteiger partial charge in [-0.1, -0.05) is 18.2 Å². The number of methoxy groups -OCH3 is 1. The summed E-state index contributed by atoms with van der Waals surface area (Å²) < 4.78 is 4.96. The summed E-state index contributed by atoms with van der Waals surface area (Å²) in [5, 5.41) is 5.77. The summed E-state index contributed by atoms with van der Waals surface area (Å²) in [4.78, 5) is 15.7. The molecule has 1 aromatic heterocycles. The molecule has 0 radical (unpaired) electrons. The zero-order chi connectivity index (χ0) is 13.5. The summed E-state index contributed by atoms with van der Waals surface area (Å²) >= 11 is 0. The van der Waals surface area contributed by atoms with Crippen molar-refractivity contribution >= 4 is 17.3 Å². The molecule has 0 bridgehead atoms. The average Bonchev–Trinajstić information content (AvgIpc) is 2.47. The van der Waals surface area contributed by atoms with Crippen LogP contribution in [-0.2, 0) is 4.79 Å². The third-order valence-corrected chi connectivity index (χ3v) is 2.46. The standard InChI is InChI=1S/C14H15N3O2/c1-19-14-8-7-12(9-16-14)15-10-13(18)17-11-5-3-2-4-6-11/h2-9,15H,10H2,1H3,(H,17,18). The van der Waals surface area contributed by atoms with E-state index in [1.165, 1.54) is 0 Å². The van der Waals surface area contributed by atoms with Gasteiger partial charge in [-0.05, 0) is 18.2 Å². The lowest BCUT2D eigenvalue weighted by molar-refractivity contribution is -0.114. The van der Waals surface area contributed by atoms with Gasteiger partial charge >= 0.3 is 0 Å². The van der Waals surface area contributed by atoms with Gasteiger partial charge in [0.2, 0.25) is 11.8 Å². The highest BCUT2D eigenvalue weighted by molar-refractivity contribution is 5.93. The van der Waals surface area contributed by atoms with Gasteiger partial charge in [-0.15, -0.1) is 0 Å². The molecule has 0 saturated heterocycles. The Balaban J connectivity index is 1.83. The van der Waals surface area contributed by atoms with E-state index < -0.39 is 0 Å². The van der Waals surface area contributed by atoms with Gasteiger partial charge < -0.3 is 15.4 Å². The van der Waals surface area contributed by atoms with E-state index in [0.29, 0.717) is 5.88 Å². The van der Waals surface area contributed by atoms with Gasteiger partial charge in [-0.3, -0.25) is 4.79 Å². The van der Waals surface area contributed by atoms with E-state index in [4.69, 9.17) is 4.74 Å². The molecule has 2 aromatic rings. The summed E-state index contributed by atoms with van der Waals surface area (Å²) in [6.45, 7) is 0.183. The molecule has 0 aliphatic heterocycles. The van der Waals surface area contributed by atoms with Crippen molar-refractivity contribution in [3.8, 4) is 5.88 Å². The van der Waals surface area contributed by atoms with Crippen molar-refractivity contribution in [1.82, 2.24) is 4.98 Å². The van der Waals surface area contributed by atoms with E-state index in [-0.39, 0.29) is 12.5 Å². The van der Waals surface area contributed by atoms with Crippen molar-refractivity contribution in [1.29, 1.82) is 0 Å². The minimum atomic E-state index is -0.109. The van der Waals surface area contributed by atoms with Crippen LogP contribution in [0.4, 0.5) is 11.4 Å². The molecule has 5 nitrogen and oxygen atoms in total. The number of nitrogens with one attached hydrogen (secondary N) is 2. The fourth-order valence-corrected chi connectivity index (χ4v) is 1.51. The molecular weight excluding hydrogens is 242 g/mol. The van der Waals surface area contributed by atoms with Crippen LogP contribution < -0.4 is 15.4 Å². The first-order valence-electron chi connectivity index (χ1n) is 5.87. The molecule has 0 aliphatic carbocycles. The first-order valence-corrected chi connectivity index (χ1v) is 5.87. The van der Waals surface area contributed by atoms with Crippen molar-refractivity contribution in [2.45, 2.75) is 0 Å². The lowest BCUT2D eigenvalue weighted by atomic mass is 10.3. The molecule has 0 saturated carbocycles. The molecule has 2 rings (SSSR count). The van der Waals surface area contributed by atoms with Crippen LogP contribution in [0.25, 0.3) is 0 Å². The van der Waals surface area contributed by atoms with Crippen molar-refractivity contribution < 1.29 is 9.53 Å². The van der Waals surface area contributed by atoms with Crippen LogP contribution in [0.3, 0.4) is 0 Å². The molecule has 0 atom stereocenters. The largest absolute Gasteiger partial charge is 0.481 e. The van der Waals surface area contributed by atoms with Crippen LogP contribution in [0, 0.1) is 0 Å². The topological polar surface area (TPSA) is 63.2 Å². The van der Waals surface area contributed by atoms with Crippen molar-refractivity contribution in [2.75, 3.05) is 24.3 Å². The first-order chi connectivity index (χ1) is 9.28. The number of carbonyl (C=O) groups is 1. The summed E-state index contributed by atoms with van der Waals surface area (Å²) in [5.74, 6) is 0.432. The number of amides is 1. The molecule has 19 heavy (non-hydrogen) atoms. The monoisotopic (exact) mass is 257 g/mol. The van der Waals surface area contributed by atoms with Crippen molar-refractivity contribution in [3.05, 3.63) is 48.7 Å². The van der Waals surface area contributed by atoms with Gasteiger partial charge in [-0.25, -0.2) is 4.98 Å². The maximum atomic E-state index is 11.7. The predicted octanol–water partition coefficient (Wildman–Crippen LogP) is 2.14. The molecule has 1 heterocycles. The molecule has 0 aliphatic rings. The van der Waals surface area contributed by atoms with E-state index >= 15 is 0 Å². The number of ether oxygens (including phenoxy) is 1. The Labute approximate surface area is 111 Å². The highest BCUT2D eigenvalue weighted by Gasteiger charge is 2.02. The first kappa shape index (κ1) is 12.9. The second kappa shape index (κ2) is 6.39. The van der Waals surface area contributed by atoms with Gasteiger partial charge in [0.25, 0.3) is 0 Å². The zero-order valence-electron chi connectivity index (χ0n) is 10.6. The van der Waals surface area contributed by atoms with E-state index in [1.54, 1.807) is 19.4 Å². The normalized spacial score (nSPS) is 9.74. The van der Waals surface area contributed by atoms with E-state index in [0.717, 1.165) is 11.4 Å². The van der Waals surface area contributed by atoms with Crippen LogP contribution in [0.5, 0.6) is 5.88 Å². The Morgan fingerprint density at radius 1 is 1.16 bits per heavy atom. The molecule has 0 unspecified atom stereocenters. The number of hydrogen-bond donors (Lipinski definition) is 2. The Hall–Kier alpha value is -2.56. The number of rotatable bonds is 5. The maximum absolute atomic E-state index is 11.7. The predicted molar refractivity (Wildman–Crippen MR) is 74.4 cm³/mol. The molecule has 2 N–H and O–H groups in total. The van der Waals surface area contributed by atoms with Gasteiger partial charge in [0.05, 0.1) is 25.5 Å². The fraction of sp³-hybridized carbons (Fsp3) is 0.143. The quantitative estimate of drug-likeness (QED) is 0.861. The van der Waals surface area contributed by atoms with Crippen LogP contribution in [0.1, 0.15) is 0 Å². The zero-order valence-corrected chi connectivity index (χ0v) is 10.6. The third-order valence-electron chi connectivity index (χ3n) is 2.46. The number of hydrogen-bond acceptors (Lipinski definition) is 4. The number of nitrogens with zero attached hydrogens (tertiary/aromatic N) is 1. The van der Waals surface area contributed by atoms with Gasteiger partial charge in [0.15, 0.2) is 0 Å². The number of para-hydroxylation sites is 1. The molecule has 0 spiro atoms. The minimum Gasteiger partial charge on any atom is -0.481 e. The minimum absolute atomic E-state index is 0.109. The Bertz CT molecular complexity index is 526. The molecule has 1 amide bonds. The smallest absolute Gasteiger partial charge is 0.243 e. The van der Waals surface area contributed by atoms with E-state index in [1.807, 2.05) is 36.4 Å². The second-order valence-corrected chi connectivity index (χ2v) is 3.86. The highest BCUT2D eigenvalue weighted by atomic mass is 16.5. The van der Waals surface area contributed by atoms with Crippen LogP contribution in [0.15, 0.2) is 48.7 Å². The molecule has 98 valence electrons. The Morgan fingerprint density at radius 3 is 2.58 bits per heavy atom. The summed E-state index contributed by atoms with van der Waals surface area (Å²) in [6.07, 6.45) is 1.62. The SMILES string of the molecule is COc1ccc(NCC(=O)Nc2ccccc2)cn1. The van der Waals surface area contributed by atoms with Gasteiger partial charge in [0.1, 0.15) is 0 Å². The summed E-state index contributed by atoms with van der Waals surface area (Å²) in [7, 11) is 1.56. The average molecular weight is 257 g/mol. The second-order valence-electron chi connectivity index (χ2n) is 3.86. The summed E-state index contributed by atoms with van der Waals surface area (Å²) in [5.41, 5.74) is 1.55. The van der Waals surface area contributed by atoms with Gasteiger partial charge in [-0.2, -0.15) is 0 Å². The fourth-order valence-electron chi connectivity index (χ4n) is 1.51. The lowest BCUT2D eigenvalue weighted by Gasteiger charge is -2.07. The number of pyridine rings is 1. The van der Waals surface area contributed by atoms with E-state index in [2.05, 4.69) is 15.6 Å². The maximum Gasteiger partial charge on any atom is 0.243 e. The van der Waals surface area contributed by atoms with Crippen LogP contribution in [0.2, 0.25) is 0 Å². The number of benzene rings is 1. The Morgan fingerprint density at radius 2 is 1.95 bits per heavy atom. The van der Waals surface area contributed by atoms with Gasteiger partial charge in [0, 0.05) is 11.8 Å². The number of aromatic nitrogens is 1. The van der Waals surface area contributed by atoms with Crippen LogP contribution >= 0.6 is 0 Å². The van der Waals surface area contributed by atoms with E-state index in [9.17, 15) is 4.79 Å². The third kappa shape index (κ3) is 3.99.